The Balaban J connectivity index is 2.28. The molecule has 0 spiro atoms. The first-order valence-electron chi connectivity index (χ1n) is 6.97. The number of aromatic amines is 1. The number of hydrogen-bond donors (Lipinski definition) is 1. The van der Waals surface area contributed by atoms with Crippen LogP contribution in [0, 0.1) is 0 Å². The van der Waals surface area contributed by atoms with Crippen LogP contribution in [-0.4, -0.2) is 9.97 Å². The molecule has 2 nitrogen and oxygen atoms in total. The smallest absolute Gasteiger partial charge is 0.0712 e. The van der Waals surface area contributed by atoms with Crippen LogP contribution in [0.15, 0.2) is 30.5 Å². The molecule has 3 rings (SSSR count). The van der Waals surface area contributed by atoms with Gasteiger partial charge in [0, 0.05) is 16.5 Å². The van der Waals surface area contributed by atoms with Crippen LogP contribution in [0.25, 0.3) is 21.8 Å². The van der Waals surface area contributed by atoms with Crippen molar-refractivity contribution in [1.82, 2.24) is 9.97 Å². The number of aromatic nitrogens is 2. The van der Waals surface area contributed by atoms with Crippen LogP contribution < -0.4 is 0 Å². The van der Waals surface area contributed by atoms with E-state index in [1.165, 1.54) is 22.0 Å². The normalized spacial score (nSPS) is 12.1. The Bertz CT molecular complexity index is 735. The predicted octanol–water partition coefficient (Wildman–Crippen LogP) is 4.96. The van der Waals surface area contributed by atoms with Gasteiger partial charge < -0.3 is 4.98 Å². The second kappa shape index (κ2) is 4.37. The van der Waals surface area contributed by atoms with Crippen molar-refractivity contribution in [2.24, 2.45) is 0 Å². The van der Waals surface area contributed by atoms with Gasteiger partial charge in [0.15, 0.2) is 0 Å². The lowest BCUT2D eigenvalue weighted by molar-refractivity contribution is 0.836. The maximum absolute atomic E-state index is 4.59. The maximum atomic E-state index is 4.59. The molecule has 0 saturated heterocycles. The van der Waals surface area contributed by atoms with Crippen LogP contribution >= 0.6 is 0 Å². The lowest BCUT2D eigenvalue weighted by atomic mass is 10.0. The zero-order valence-electron chi connectivity index (χ0n) is 12.0. The number of hydrogen-bond acceptors (Lipinski definition) is 1. The quantitative estimate of drug-likeness (QED) is 0.686. The fourth-order valence-corrected chi connectivity index (χ4v) is 2.50. The highest BCUT2D eigenvalue weighted by Gasteiger charge is 2.09. The molecule has 0 atom stereocenters. The topological polar surface area (TPSA) is 28.7 Å². The summed E-state index contributed by atoms with van der Waals surface area (Å²) in [7, 11) is 0. The average molecular weight is 252 g/mol. The summed E-state index contributed by atoms with van der Waals surface area (Å²) in [5.74, 6) is 1.05. The van der Waals surface area contributed by atoms with Crippen molar-refractivity contribution in [2.45, 2.75) is 39.5 Å². The van der Waals surface area contributed by atoms with E-state index >= 15 is 0 Å². The summed E-state index contributed by atoms with van der Waals surface area (Å²) < 4.78 is 0. The highest BCUT2D eigenvalue weighted by molar-refractivity contribution is 6.04. The minimum absolute atomic E-state index is 0.511. The molecule has 98 valence electrons. The van der Waals surface area contributed by atoms with Crippen LogP contribution in [0.4, 0.5) is 0 Å². The van der Waals surface area contributed by atoms with Gasteiger partial charge in [-0.2, -0.15) is 0 Å². The average Bonchev–Trinajstić information content (AvgIpc) is 2.82. The Morgan fingerprint density at radius 1 is 0.947 bits per heavy atom. The highest BCUT2D eigenvalue weighted by Crippen LogP contribution is 2.28. The first kappa shape index (κ1) is 12.2. The minimum Gasteiger partial charge on any atom is -0.357 e. The van der Waals surface area contributed by atoms with Crippen molar-refractivity contribution in [2.75, 3.05) is 0 Å². The molecular formula is C17H20N2. The van der Waals surface area contributed by atoms with Crippen LogP contribution in [-0.2, 0) is 0 Å². The van der Waals surface area contributed by atoms with Gasteiger partial charge in [-0.05, 0) is 29.5 Å². The van der Waals surface area contributed by atoms with E-state index in [2.05, 4.69) is 61.9 Å². The van der Waals surface area contributed by atoms with Crippen LogP contribution in [0.1, 0.15) is 50.8 Å². The highest BCUT2D eigenvalue weighted by atomic mass is 14.8. The van der Waals surface area contributed by atoms with Crippen molar-refractivity contribution in [1.29, 1.82) is 0 Å². The van der Waals surface area contributed by atoms with Crippen molar-refractivity contribution >= 4 is 21.8 Å². The summed E-state index contributed by atoms with van der Waals surface area (Å²) in [6.07, 6.45) is 1.95. The summed E-state index contributed by atoms with van der Waals surface area (Å²) in [6, 6.07) is 8.90. The molecule has 0 aliphatic carbocycles. The van der Waals surface area contributed by atoms with Gasteiger partial charge in [0.05, 0.1) is 17.2 Å². The number of nitrogens with zero attached hydrogens (tertiary/aromatic N) is 1. The van der Waals surface area contributed by atoms with Gasteiger partial charge in [0.1, 0.15) is 0 Å². The monoisotopic (exact) mass is 252 g/mol. The third kappa shape index (κ3) is 2.01. The van der Waals surface area contributed by atoms with E-state index in [0.29, 0.717) is 11.8 Å². The van der Waals surface area contributed by atoms with Crippen molar-refractivity contribution in [3.8, 4) is 0 Å². The Morgan fingerprint density at radius 2 is 1.74 bits per heavy atom. The molecule has 1 aromatic carbocycles. The number of benzene rings is 1. The number of nitrogens with one attached hydrogen (secondary N) is 1. The van der Waals surface area contributed by atoms with E-state index in [4.69, 9.17) is 0 Å². The number of fused-ring (bicyclic) bond motifs is 3. The molecule has 2 heteroatoms. The molecule has 0 radical (unpaired) electrons. The van der Waals surface area contributed by atoms with Gasteiger partial charge in [-0.1, -0.05) is 39.8 Å². The number of pyridine rings is 1. The van der Waals surface area contributed by atoms with Gasteiger partial charge in [0.25, 0.3) is 0 Å². The van der Waals surface area contributed by atoms with Crippen LogP contribution in [0.5, 0.6) is 0 Å². The van der Waals surface area contributed by atoms with Crippen molar-refractivity contribution in [3.05, 3.63) is 41.7 Å². The molecule has 1 N–H and O–H groups in total. The van der Waals surface area contributed by atoms with Gasteiger partial charge in [0.2, 0.25) is 0 Å². The molecule has 0 fully saturated rings. The molecule has 0 aliphatic heterocycles. The summed E-state index contributed by atoms with van der Waals surface area (Å²) in [6.45, 7) is 8.84. The Labute approximate surface area is 113 Å². The van der Waals surface area contributed by atoms with Gasteiger partial charge in [-0.15, -0.1) is 0 Å². The second-order valence-electron chi connectivity index (χ2n) is 5.90. The molecule has 2 heterocycles. The van der Waals surface area contributed by atoms with E-state index in [1.807, 2.05) is 6.20 Å². The molecule has 0 amide bonds. The largest absolute Gasteiger partial charge is 0.357 e. The Kier molecular flexibility index (Phi) is 2.81. The van der Waals surface area contributed by atoms with Gasteiger partial charge in [-0.25, -0.2) is 0 Å². The maximum Gasteiger partial charge on any atom is 0.0712 e. The van der Waals surface area contributed by atoms with Crippen molar-refractivity contribution in [3.63, 3.8) is 0 Å². The zero-order chi connectivity index (χ0) is 13.6. The van der Waals surface area contributed by atoms with E-state index in [0.717, 1.165) is 11.0 Å². The molecule has 2 aromatic heterocycles. The van der Waals surface area contributed by atoms with E-state index in [1.54, 1.807) is 0 Å². The first-order chi connectivity index (χ1) is 9.06. The Morgan fingerprint density at radius 3 is 2.42 bits per heavy atom. The molecule has 19 heavy (non-hydrogen) atoms. The molecular weight excluding hydrogens is 232 g/mol. The van der Waals surface area contributed by atoms with Gasteiger partial charge in [-0.3, -0.25) is 4.98 Å². The van der Waals surface area contributed by atoms with Crippen molar-refractivity contribution < 1.29 is 0 Å². The summed E-state index contributed by atoms with van der Waals surface area (Å²) >= 11 is 0. The van der Waals surface area contributed by atoms with Gasteiger partial charge >= 0.3 is 0 Å². The molecule has 0 bridgehead atoms. The molecule has 0 aliphatic rings. The first-order valence-corrected chi connectivity index (χ1v) is 6.97. The van der Waals surface area contributed by atoms with E-state index in [-0.39, 0.29) is 0 Å². The second-order valence-corrected chi connectivity index (χ2v) is 5.90. The summed E-state index contributed by atoms with van der Waals surface area (Å²) in [5, 5.41) is 2.52. The number of H-pyrrole nitrogens is 1. The van der Waals surface area contributed by atoms with Crippen LogP contribution in [0.2, 0.25) is 0 Å². The third-order valence-electron chi connectivity index (χ3n) is 3.80. The SMILES string of the molecule is CC(C)c1ccc2c(c1)ncc1[nH]c(C(C)C)cc12. The molecule has 0 unspecified atom stereocenters. The Hall–Kier alpha value is -1.83. The standard InChI is InChI=1S/C17H20N2/c1-10(2)12-5-6-13-14-8-15(11(3)4)19-17(14)9-18-16(13)7-12/h5-11,19H,1-4H3. The molecule has 3 aromatic rings. The minimum atomic E-state index is 0.511. The summed E-state index contributed by atoms with van der Waals surface area (Å²) in [5.41, 5.74) is 4.85. The lowest BCUT2D eigenvalue weighted by Crippen LogP contribution is -1.88. The fourth-order valence-electron chi connectivity index (χ4n) is 2.50. The van der Waals surface area contributed by atoms with E-state index in [9.17, 15) is 0 Å². The van der Waals surface area contributed by atoms with Crippen LogP contribution in [0.3, 0.4) is 0 Å². The van der Waals surface area contributed by atoms with E-state index < -0.39 is 0 Å². The lowest BCUT2D eigenvalue weighted by Gasteiger charge is -2.06. The zero-order valence-corrected chi connectivity index (χ0v) is 12.0. The third-order valence-corrected chi connectivity index (χ3v) is 3.80. The number of rotatable bonds is 2. The molecule has 0 saturated carbocycles. The summed E-state index contributed by atoms with van der Waals surface area (Å²) in [4.78, 5) is 8.06. The predicted molar refractivity (Wildman–Crippen MR) is 81.8 cm³/mol. The fraction of sp³-hybridized carbons (Fsp3) is 0.353.